The largest absolute Gasteiger partial charge is 0.433 e. The second-order valence-electron chi connectivity index (χ2n) is 5.29. The van der Waals surface area contributed by atoms with E-state index in [1.54, 1.807) is 0 Å². The Bertz CT molecular complexity index is 985. The zero-order valence-electron chi connectivity index (χ0n) is 13.0. The quantitative estimate of drug-likeness (QED) is 0.408. The fraction of sp³-hybridized carbons (Fsp3) is 0.118. The van der Waals surface area contributed by atoms with Gasteiger partial charge in [0, 0.05) is 29.6 Å². The summed E-state index contributed by atoms with van der Waals surface area (Å²) in [5.41, 5.74) is -3.22. The number of alkyl halides is 6. The van der Waals surface area contributed by atoms with Gasteiger partial charge >= 0.3 is 12.4 Å². The maximum atomic E-state index is 13.3. The maximum absolute atomic E-state index is 13.3. The normalized spacial score (nSPS) is 12.3. The van der Waals surface area contributed by atoms with Crippen molar-refractivity contribution in [2.75, 3.05) is 0 Å². The molecule has 27 heavy (non-hydrogen) atoms. The molecule has 3 aromatic heterocycles. The number of aromatic nitrogens is 3. The Morgan fingerprint density at radius 2 is 1.67 bits per heavy atom. The number of halogens is 7. The highest BCUT2D eigenvalue weighted by Crippen LogP contribution is 2.37. The predicted molar refractivity (Wildman–Crippen MR) is 84.5 cm³/mol. The monoisotopic (exact) mass is 402 g/mol. The molecule has 0 aromatic carbocycles. The molecule has 0 aliphatic heterocycles. The highest BCUT2D eigenvalue weighted by molar-refractivity contribution is 6.29. The molecule has 0 bridgehead atoms. The summed E-state index contributed by atoms with van der Waals surface area (Å²) in [6, 6.07) is 7.97. The van der Waals surface area contributed by atoms with E-state index < -0.39 is 29.3 Å². The molecule has 1 radical (unpaired) electrons. The van der Waals surface area contributed by atoms with Crippen LogP contribution in [0.1, 0.15) is 11.4 Å². The summed E-state index contributed by atoms with van der Waals surface area (Å²) in [7, 11) is 0. The van der Waals surface area contributed by atoms with Crippen molar-refractivity contribution < 1.29 is 26.3 Å². The SMILES string of the molecule is FC(F)(F)c1cccc(-c2[c]c(-c3ccnc(Cl)c3)c(C(F)(F)F)nc2)n1. The van der Waals surface area contributed by atoms with E-state index in [-0.39, 0.29) is 22.0 Å². The molecule has 3 nitrogen and oxygen atoms in total. The number of pyridine rings is 3. The summed E-state index contributed by atoms with van der Waals surface area (Å²) < 4.78 is 78.4. The molecule has 0 saturated heterocycles. The van der Waals surface area contributed by atoms with Crippen molar-refractivity contribution >= 4 is 11.6 Å². The Kier molecular flexibility index (Phi) is 4.81. The highest BCUT2D eigenvalue weighted by Gasteiger charge is 2.36. The van der Waals surface area contributed by atoms with Crippen LogP contribution in [0.2, 0.25) is 5.15 Å². The summed E-state index contributed by atoms with van der Waals surface area (Å²) >= 11 is 5.73. The van der Waals surface area contributed by atoms with Gasteiger partial charge in [-0.05, 0) is 29.8 Å². The first kappa shape index (κ1) is 19.1. The molecule has 3 heterocycles. The molecule has 3 rings (SSSR count). The molecular formula is C17H7ClF6N3. The summed E-state index contributed by atoms with van der Waals surface area (Å²) in [5, 5.41) is -0.0587. The lowest BCUT2D eigenvalue weighted by molar-refractivity contribution is -0.141. The second kappa shape index (κ2) is 6.80. The topological polar surface area (TPSA) is 38.7 Å². The molecule has 0 saturated carbocycles. The minimum Gasteiger partial charge on any atom is -0.250 e. The third kappa shape index (κ3) is 4.19. The summed E-state index contributed by atoms with van der Waals surface area (Å²) in [4.78, 5) is 10.5. The van der Waals surface area contributed by atoms with Crippen molar-refractivity contribution in [2.45, 2.75) is 12.4 Å². The Labute approximate surface area is 153 Å². The van der Waals surface area contributed by atoms with Crippen LogP contribution in [0.25, 0.3) is 22.4 Å². The lowest BCUT2D eigenvalue weighted by atomic mass is 10.0. The first-order valence-electron chi connectivity index (χ1n) is 7.22. The number of hydrogen-bond donors (Lipinski definition) is 0. The van der Waals surface area contributed by atoms with Crippen molar-refractivity contribution in [3.05, 3.63) is 65.3 Å². The molecule has 0 fully saturated rings. The highest BCUT2D eigenvalue weighted by atomic mass is 35.5. The number of hydrogen-bond acceptors (Lipinski definition) is 3. The van der Waals surface area contributed by atoms with Crippen LogP contribution < -0.4 is 0 Å². The maximum Gasteiger partial charge on any atom is 0.433 e. The third-order valence-electron chi connectivity index (χ3n) is 3.42. The van der Waals surface area contributed by atoms with Crippen LogP contribution in [0.5, 0.6) is 0 Å². The number of rotatable bonds is 2. The minimum atomic E-state index is -4.80. The molecule has 0 spiro atoms. The van der Waals surface area contributed by atoms with Crippen molar-refractivity contribution in [2.24, 2.45) is 0 Å². The van der Waals surface area contributed by atoms with Crippen molar-refractivity contribution in [3.8, 4) is 22.4 Å². The van der Waals surface area contributed by atoms with Gasteiger partial charge in [0.25, 0.3) is 0 Å². The molecule has 3 aromatic rings. The Morgan fingerprint density at radius 1 is 0.926 bits per heavy atom. The summed E-state index contributed by atoms with van der Waals surface area (Å²) in [6.45, 7) is 0. The van der Waals surface area contributed by atoms with Crippen molar-refractivity contribution in [1.29, 1.82) is 0 Å². The van der Waals surface area contributed by atoms with Crippen LogP contribution in [0.4, 0.5) is 26.3 Å². The van der Waals surface area contributed by atoms with Gasteiger partial charge in [-0.2, -0.15) is 26.3 Å². The van der Waals surface area contributed by atoms with Crippen LogP contribution in [0, 0.1) is 6.07 Å². The fourth-order valence-corrected chi connectivity index (χ4v) is 2.45. The Morgan fingerprint density at radius 3 is 2.30 bits per heavy atom. The van der Waals surface area contributed by atoms with E-state index in [0.29, 0.717) is 0 Å². The van der Waals surface area contributed by atoms with Gasteiger partial charge in [-0.25, -0.2) is 9.97 Å². The van der Waals surface area contributed by atoms with E-state index in [0.717, 1.165) is 18.3 Å². The molecule has 0 aliphatic carbocycles. The minimum absolute atomic E-state index is 0.0173. The van der Waals surface area contributed by atoms with Gasteiger partial charge in [0.1, 0.15) is 10.8 Å². The third-order valence-corrected chi connectivity index (χ3v) is 3.63. The average molecular weight is 403 g/mol. The van der Waals surface area contributed by atoms with E-state index in [1.807, 2.05) is 0 Å². The van der Waals surface area contributed by atoms with E-state index in [9.17, 15) is 26.3 Å². The Balaban J connectivity index is 2.19. The van der Waals surface area contributed by atoms with Gasteiger partial charge in [-0.1, -0.05) is 17.7 Å². The molecule has 0 N–H and O–H groups in total. The van der Waals surface area contributed by atoms with E-state index in [2.05, 4.69) is 21.0 Å². The first-order valence-corrected chi connectivity index (χ1v) is 7.59. The summed E-state index contributed by atoms with van der Waals surface area (Å²) in [5.74, 6) is 0. The zero-order valence-corrected chi connectivity index (χ0v) is 13.8. The Hall–Kier alpha value is -2.68. The lowest BCUT2D eigenvalue weighted by Gasteiger charge is -2.14. The van der Waals surface area contributed by atoms with Gasteiger partial charge in [-0.3, -0.25) is 4.98 Å². The first-order chi connectivity index (χ1) is 12.6. The van der Waals surface area contributed by atoms with E-state index in [4.69, 9.17) is 11.6 Å². The molecular weight excluding hydrogens is 396 g/mol. The molecule has 0 unspecified atom stereocenters. The van der Waals surface area contributed by atoms with Crippen LogP contribution in [0.15, 0.2) is 42.7 Å². The van der Waals surface area contributed by atoms with Crippen LogP contribution in [0.3, 0.4) is 0 Å². The van der Waals surface area contributed by atoms with Gasteiger partial charge < -0.3 is 0 Å². The predicted octanol–water partition coefficient (Wildman–Crippen LogP) is 5.70. The van der Waals surface area contributed by atoms with Crippen LogP contribution in [-0.2, 0) is 12.4 Å². The van der Waals surface area contributed by atoms with E-state index >= 15 is 0 Å². The standard InChI is InChI=1S/C17H7ClF6N3/c18-14-7-9(4-5-25-14)11-6-10(8-26-15(11)17(22,23)24)12-2-1-3-13(27-12)16(19,20)21/h1-5,7-8H. The van der Waals surface area contributed by atoms with Crippen molar-refractivity contribution in [1.82, 2.24) is 15.0 Å². The smallest absolute Gasteiger partial charge is 0.250 e. The average Bonchev–Trinajstić information content (AvgIpc) is 2.60. The number of nitrogens with zero attached hydrogens (tertiary/aromatic N) is 3. The van der Waals surface area contributed by atoms with Crippen molar-refractivity contribution in [3.63, 3.8) is 0 Å². The molecule has 0 aliphatic rings. The van der Waals surface area contributed by atoms with Gasteiger partial charge in [0.2, 0.25) is 0 Å². The summed E-state index contributed by atoms with van der Waals surface area (Å²) in [6.07, 6.45) is -7.53. The molecule has 10 heteroatoms. The zero-order chi connectivity index (χ0) is 19.8. The van der Waals surface area contributed by atoms with Gasteiger partial charge in [-0.15, -0.1) is 0 Å². The molecule has 0 atom stereocenters. The van der Waals surface area contributed by atoms with Gasteiger partial charge in [0.05, 0.1) is 5.69 Å². The molecule has 0 amide bonds. The van der Waals surface area contributed by atoms with Crippen LogP contribution in [-0.4, -0.2) is 15.0 Å². The lowest BCUT2D eigenvalue weighted by Crippen LogP contribution is -2.11. The molecule has 139 valence electrons. The second-order valence-corrected chi connectivity index (χ2v) is 5.68. The van der Waals surface area contributed by atoms with E-state index in [1.165, 1.54) is 24.4 Å². The van der Waals surface area contributed by atoms with Crippen LogP contribution >= 0.6 is 11.6 Å². The fourth-order valence-electron chi connectivity index (χ4n) is 2.27. The van der Waals surface area contributed by atoms with Gasteiger partial charge in [0.15, 0.2) is 5.69 Å².